The molecular formula is C8H20O6Si. The smallest absolute Gasteiger partial charge is 0.300 e. The summed E-state index contributed by atoms with van der Waals surface area (Å²) in [4.78, 5) is 27.0. The van der Waals surface area contributed by atoms with Crippen LogP contribution in [0.15, 0.2) is 13.2 Å². The summed E-state index contributed by atoms with van der Waals surface area (Å²) < 4.78 is 0. The number of hydrogen-bond acceptors (Lipinski definition) is 3. The minimum Gasteiger partial charge on any atom is -0.481 e. The molecule has 7 heteroatoms. The van der Waals surface area contributed by atoms with E-state index in [4.69, 9.17) is 29.7 Å². The summed E-state index contributed by atoms with van der Waals surface area (Å²) in [7, 11) is 0. The van der Waals surface area contributed by atoms with Crippen molar-refractivity contribution in [1.29, 1.82) is 0 Å². The zero-order valence-electron chi connectivity index (χ0n) is 8.48. The zero-order chi connectivity index (χ0) is 12.7. The van der Waals surface area contributed by atoms with Gasteiger partial charge in [0.15, 0.2) is 0 Å². The summed E-state index contributed by atoms with van der Waals surface area (Å²) in [6.45, 7) is 9.25. The minimum atomic E-state index is -0.833. The van der Waals surface area contributed by atoms with Gasteiger partial charge in [-0.25, -0.2) is 0 Å². The van der Waals surface area contributed by atoms with Crippen molar-refractivity contribution in [2.45, 2.75) is 20.8 Å². The van der Waals surface area contributed by atoms with Gasteiger partial charge in [-0.3, -0.25) is 14.4 Å². The molecule has 0 atom stereocenters. The summed E-state index contributed by atoms with van der Waals surface area (Å²) in [5.74, 6) is -2.50. The van der Waals surface area contributed by atoms with Gasteiger partial charge in [0.1, 0.15) is 0 Å². The lowest BCUT2D eigenvalue weighted by Crippen LogP contribution is -1.78. The SMILES string of the molecule is C=C.CC(=O)O.CC(=O)O.CC(=O)O.[SiH4]. The van der Waals surface area contributed by atoms with Crippen LogP contribution in [-0.2, 0) is 14.4 Å². The molecule has 0 aliphatic heterocycles. The highest BCUT2D eigenvalue weighted by molar-refractivity contribution is 5.75. The van der Waals surface area contributed by atoms with Gasteiger partial charge in [-0.2, -0.15) is 0 Å². The maximum absolute atomic E-state index is 9.00. The van der Waals surface area contributed by atoms with E-state index in [1.807, 2.05) is 0 Å². The Morgan fingerprint density at radius 1 is 0.733 bits per heavy atom. The van der Waals surface area contributed by atoms with Crippen molar-refractivity contribution >= 4 is 28.9 Å². The normalized spacial score (nSPS) is 5.27. The number of aliphatic carboxylic acids is 3. The van der Waals surface area contributed by atoms with E-state index in [0.29, 0.717) is 0 Å². The highest BCUT2D eigenvalue weighted by Crippen LogP contribution is 1.42. The number of rotatable bonds is 0. The summed E-state index contributed by atoms with van der Waals surface area (Å²) in [6, 6.07) is 0. The van der Waals surface area contributed by atoms with Crippen molar-refractivity contribution in [3.63, 3.8) is 0 Å². The molecule has 0 fully saturated rings. The lowest BCUT2D eigenvalue weighted by atomic mass is 10.9. The lowest BCUT2D eigenvalue weighted by Gasteiger charge is -1.59. The van der Waals surface area contributed by atoms with Crippen LogP contribution < -0.4 is 0 Å². The maximum Gasteiger partial charge on any atom is 0.300 e. The molecule has 0 aromatic carbocycles. The van der Waals surface area contributed by atoms with Crippen LogP contribution in [0.2, 0.25) is 0 Å². The monoisotopic (exact) mass is 240 g/mol. The van der Waals surface area contributed by atoms with Crippen LogP contribution in [0.1, 0.15) is 20.8 Å². The quantitative estimate of drug-likeness (QED) is 0.393. The summed E-state index contributed by atoms with van der Waals surface area (Å²) in [5.41, 5.74) is 0. The first-order valence-corrected chi connectivity index (χ1v) is 3.28. The first kappa shape index (κ1) is 29.2. The molecule has 3 N–H and O–H groups in total. The zero-order valence-corrected chi connectivity index (χ0v) is 8.48. The molecule has 0 rings (SSSR count). The van der Waals surface area contributed by atoms with E-state index in [0.717, 1.165) is 20.8 Å². The van der Waals surface area contributed by atoms with Crippen molar-refractivity contribution in [2.75, 3.05) is 0 Å². The second-order valence-electron chi connectivity index (χ2n) is 1.56. The van der Waals surface area contributed by atoms with Crippen molar-refractivity contribution in [2.24, 2.45) is 0 Å². The van der Waals surface area contributed by atoms with Gasteiger partial charge in [-0.05, 0) is 11.0 Å². The van der Waals surface area contributed by atoms with Crippen molar-refractivity contribution in [3.8, 4) is 0 Å². The molecule has 92 valence electrons. The molecule has 0 saturated carbocycles. The topological polar surface area (TPSA) is 112 Å². The Hall–Kier alpha value is -1.63. The van der Waals surface area contributed by atoms with E-state index in [9.17, 15) is 0 Å². The second kappa shape index (κ2) is 29.4. The van der Waals surface area contributed by atoms with Crippen LogP contribution >= 0.6 is 0 Å². The van der Waals surface area contributed by atoms with Gasteiger partial charge in [0.25, 0.3) is 17.9 Å². The van der Waals surface area contributed by atoms with E-state index in [1.165, 1.54) is 0 Å². The fourth-order valence-electron chi connectivity index (χ4n) is 0. The molecule has 0 aliphatic carbocycles. The fraction of sp³-hybridized carbons (Fsp3) is 0.375. The van der Waals surface area contributed by atoms with Gasteiger partial charge >= 0.3 is 0 Å². The van der Waals surface area contributed by atoms with E-state index >= 15 is 0 Å². The van der Waals surface area contributed by atoms with Gasteiger partial charge in [-0.1, -0.05) is 0 Å². The van der Waals surface area contributed by atoms with Crippen LogP contribution in [0.4, 0.5) is 0 Å². The highest BCUT2D eigenvalue weighted by atomic mass is 28.1. The minimum absolute atomic E-state index is 0. The van der Waals surface area contributed by atoms with Crippen LogP contribution in [-0.4, -0.2) is 44.2 Å². The molecule has 0 bridgehead atoms. The number of carboxylic acids is 3. The van der Waals surface area contributed by atoms with Crippen molar-refractivity contribution < 1.29 is 29.7 Å². The first-order chi connectivity index (χ1) is 6.20. The Labute approximate surface area is 93.3 Å². The Bertz CT molecular complexity index is 128. The standard InChI is InChI=1S/3C2H4O2.C2H4.H4Si/c3*1-2(3)4;1-2;/h3*1H3,(H,3,4);1-2H2;1H4. The highest BCUT2D eigenvalue weighted by Gasteiger charge is 1.66. The molecule has 0 spiro atoms. The molecule has 0 unspecified atom stereocenters. The largest absolute Gasteiger partial charge is 0.481 e. The van der Waals surface area contributed by atoms with Crippen LogP contribution in [0, 0.1) is 0 Å². The van der Waals surface area contributed by atoms with Gasteiger partial charge < -0.3 is 15.3 Å². The molecule has 6 nitrogen and oxygen atoms in total. The second-order valence-corrected chi connectivity index (χ2v) is 1.56. The van der Waals surface area contributed by atoms with E-state index in [-0.39, 0.29) is 11.0 Å². The van der Waals surface area contributed by atoms with Gasteiger partial charge in [0.05, 0.1) is 0 Å². The summed E-state index contributed by atoms with van der Waals surface area (Å²) in [6.07, 6.45) is 0. The molecule has 15 heavy (non-hydrogen) atoms. The van der Waals surface area contributed by atoms with Crippen LogP contribution in [0.25, 0.3) is 0 Å². The molecule has 0 saturated heterocycles. The average Bonchev–Trinajstić information content (AvgIpc) is 1.86. The predicted octanol–water partition coefficient (Wildman–Crippen LogP) is -0.377. The number of carboxylic acid groups (broad SMARTS) is 3. The van der Waals surface area contributed by atoms with Crippen LogP contribution in [0.5, 0.6) is 0 Å². The van der Waals surface area contributed by atoms with E-state index in [1.54, 1.807) is 0 Å². The molecule has 0 heterocycles. The lowest BCUT2D eigenvalue weighted by molar-refractivity contribution is -0.135. The van der Waals surface area contributed by atoms with E-state index < -0.39 is 17.9 Å². The summed E-state index contributed by atoms with van der Waals surface area (Å²) >= 11 is 0. The van der Waals surface area contributed by atoms with Gasteiger partial charge in [-0.15, -0.1) is 13.2 Å². The van der Waals surface area contributed by atoms with Crippen molar-refractivity contribution in [3.05, 3.63) is 13.2 Å². The Kier molecular flexibility index (Phi) is 57.3. The molecular weight excluding hydrogens is 220 g/mol. The first-order valence-electron chi connectivity index (χ1n) is 3.28. The molecule has 0 amide bonds. The third kappa shape index (κ3) is 498. The predicted molar refractivity (Wildman–Crippen MR) is 62.5 cm³/mol. The van der Waals surface area contributed by atoms with Gasteiger partial charge in [0, 0.05) is 20.8 Å². The molecule has 0 aromatic rings. The molecule has 0 aromatic heterocycles. The Morgan fingerprint density at radius 2 is 0.733 bits per heavy atom. The summed E-state index contributed by atoms with van der Waals surface area (Å²) in [5, 5.41) is 22.2. The number of carbonyl (C=O) groups is 3. The fourth-order valence-corrected chi connectivity index (χ4v) is 0. The Morgan fingerprint density at radius 3 is 0.733 bits per heavy atom. The average molecular weight is 240 g/mol. The third-order valence-corrected chi connectivity index (χ3v) is 0. The molecule has 0 radical (unpaired) electrons. The third-order valence-electron chi connectivity index (χ3n) is 0. The molecule has 0 aliphatic rings. The van der Waals surface area contributed by atoms with Crippen molar-refractivity contribution in [1.82, 2.24) is 0 Å². The van der Waals surface area contributed by atoms with E-state index in [2.05, 4.69) is 13.2 Å². The van der Waals surface area contributed by atoms with Gasteiger partial charge in [0.2, 0.25) is 0 Å². The van der Waals surface area contributed by atoms with Crippen LogP contribution in [0.3, 0.4) is 0 Å². The maximum atomic E-state index is 9.00. The number of hydrogen-bond donors (Lipinski definition) is 3. The Balaban J connectivity index is -0.0000000298.